The first-order valence-electron chi connectivity index (χ1n) is 7.50. The van der Waals surface area contributed by atoms with Crippen molar-refractivity contribution in [3.05, 3.63) is 35.9 Å². The summed E-state index contributed by atoms with van der Waals surface area (Å²) in [6.07, 6.45) is 7.48. The molecule has 0 atom stereocenters. The molecule has 0 spiro atoms. The fourth-order valence-corrected chi connectivity index (χ4v) is 5.21. The Morgan fingerprint density at radius 2 is 1.44 bits per heavy atom. The van der Waals surface area contributed by atoms with Gasteiger partial charge in [-0.15, -0.1) is 0 Å². The van der Waals surface area contributed by atoms with E-state index in [4.69, 9.17) is 0 Å². The van der Waals surface area contributed by atoms with Gasteiger partial charge in [0.2, 0.25) is 0 Å². The monoisotopic (exact) mass is 242 g/mol. The molecule has 0 radical (unpaired) electrons. The van der Waals surface area contributed by atoms with Crippen LogP contribution in [-0.2, 0) is 6.42 Å². The largest absolute Gasteiger partial charge is 0.389 e. The Labute approximate surface area is 109 Å². The molecule has 1 N–H and O–H groups in total. The third kappa shape index (κ3) is 1.56. The van der Waals surface area contributed by atoms with Crippen molar-refractivity contribution in [1.29, 1.82) is 0 Å². The van der Waals surface area contributed by atoms with Crippen LogP contribution in [-0.4, -0.2) is 10.7 Å². The number of rotatable bonds is 2. The molecule has 0 saturated heterocycles. The summed E-state index contributed by atoms with van der Waals surface area (Å²) in [7, 11) is 0. The second kappa shape index (κ2) is 3.84. The standard InChI is InChI=1S/C17H22O/c18-17(11-12-4-2-1-3-5-12)15-7-13-6-14(9-15)10-16(17)8-13/h1-5,13-16,18H,6-11H2. The number of hydrogen-bond acceptors (Lipinski definition) is 1. The molecule has 5 rings (SSSR count). The van der Waals surface area contributed by atoms with Crippen molar-refractivity contribution in [1.82, 2.24) is 0 Å². The molecule has 96 valence electrons. The maximum Gasteiger partial charge on any atom is 0.0744 e. The van der Waals surface area contributed by atoms with Gasteiger partial charge in [0.1, 0.15) is 0 Å². The lowest BCUT2D eigenvalue weighted by molar-refractivity contribution is -0.171. The van der Waals surface area contributed by atoms with E-state index in [2.05, 4.69) is 30.3 Å². The average Bonchev–Trinajstić information content (AvgIpc) is 2.37. The minimum Gasteiger partial charge on any atom is -0.389 e. The van der Waals surface area contributed by atoms with Crippen LogP contribution < -0.4 is 0 Å². The van der Waals surface area contributed by atoms with Gasteiger partial charge in [-0.1, -0.05) is 30.3 Å². The number of benzene rings is 1. The predicted octanol–water partition coefficient (Wildman–Crippen LogP) is 3.42. The van der Waals surface area contributed by atoms with Crippen molar-refractivity contribution in [2.75, 3.05) is 0 Å². The van der Waals surface area contributed by atoms with E-state index in [1.54, 1.807) is 0 Å². The summed E-state index contributed by atoms with van der Waals surface area (Å²) in [6, 6.07) is 10.6. The molecule has 4 bridgehead atoms. The Balaban J connectivity index is 1.63. The number of aliphatic hydroxyl groups is 1. The van der Waals surface area contributed by atoms with Crippen LogP contribution in [0.4, 0.5) is 0 Å². The van der Waals surface area contributed by atoms with Crippen LogP contribution in [0.3, 0.4) is 0 Å². The normalized spacial score (nSPS) is 45.4. The van der Waals surface area contributed by atoms with Gasteiger partial charge in [-0.3, -0.25) is 0 Å². The summed E-state index contributed by atoms with van der Waals surface area (Å²) in [6.45, 7) is 0. The molecule has 0 unspecified atom stereocenters. The van der Waals surface area contributed by atoms with Crippen LogP contribution in [0.5, 0.6) is 0 Å². The molecular formula is C17H22O. The third-order valence-corrected chi connectivity index (χ3v) is 5.88. The molecule has 0 heterocycles. The maximum absolute atomic E-state index is 11.2. The molecule has 4 aliphatic carbocycles. The minimum atomic E-state index is -0.394. The van der Waals surface area contributed by atoms with Crippen molar-refractivity contribution in [3.63, 3.8) is 0 Å². The van der Waals surface area contributed by atoms with Crippen LogP contribution in [0.15, 0.2) is 30.3 Å². The average molecular weight is 242 g/mol. The van der Waals surface area contributed by atoms with Gasteiger partial charge in [0.25, 0.3) is 0 Å². The highest BCUT2D eigenvalue weighted by atomic mass is 16.3. The molecular weight excluding hydrogens is 220 g/mol. The van der Waals surface area contributed by atoms with Crippen LogP contribution >= 0.6 is 0 Å². The van der Waals surface area contributed by atoms with E-state index in [0.717, 1.165) is 18.3 Å². The first kappa shape index (κ1) is 11.0. The summed E-state index contributed by atoms with van der Waals surface area (Å²) in [5.74, 6) is 3.02. The van der Waals surface area contributed by atoms with Gasteiger partial charge < -0.3 is 5.11 Å². The fraction of sp³-hybridized carbons (Fsp3) is 0.647. The molecule has 1 aromatic carbocycles. The topological polar surface area (TPSA) is 20.2 Å². The molecule has 4 aliphatic rings. The highest BCUT2D eigenvalue weighted by Gasteiger charge is 2.56. The third-order valence-electron chi connectivity index (χ3n) is 5.88. The van der Waals surface area contributed by atoms with Crippen molar-refractivity contribution in [2.24, 2.45) is 23.7 Å². The van der Waals surface area contributed by atoms with Crippen molar-refractivity contribution in [2.45, 2.75) is 44.1 Å². The predicted molar refractivity (Wildman–Crippen MR) is 72.1 cm³/mol. The summed E-state index contributed by atoms with van der Waals surface area (Å²) in [4.78, 5) is 0. The van der Waals surface area contributed by atoms with E-state index in [-0.39, 0.29) is 0 Å². The van der Waals surface area contributed by atoms with Gasteiger partial charge in [-0.2, -0.15) is 0 Å². The minimum absolute atomic E-state index is 0.394. The second-order valence-corrected chi connectivity index (χ2v) is 6.96. The SMILES string of the molecule is OC1(Cc2ccccc2)C2CC3CC(C2)CC1C3. The molecule has 1 aromatic rings. The van der Waals surface area contributed by atoms with E-state index in [9.17, 15) is 5.11 Å². The fourth-order valence-electron chi connectivity index (χ4n) is 5.21. The molecule has 4 fully saturated rings. The first-order valence-corrected chi connectivity index (χ1v) is 7.50. The molecule has 18 heavy (non-hydrogen) atoms. The highest BCUT2D eigenvalue weighted by molar-refractivity contribution is 5.20. The first-order chi connectivity index (χ1) is 8.74. The molecule has 1 heteroatoms. The van der Waals surface area contributed by atoms with E-state index in [0.29, 0.717) is 11.8 Å². The van der Waals surface area contributed by atoms with Crippen LogP contribution in [0.2, 0.25) is 0 Å². The maximum atomic E-state index is 11.2. The van der Waals surface area contributed by atoms with Gasteiger partial charge in [0, 0.05) is 6.42 Å². The zero-order valence-electron chi connectivity index (χ0n) is 10.9. The van der Waals surface area contributed by atoms with E-state index in [1.807, 2.05) is 0 Å². The molecule has 0 aliphatic heterocycles. The number of hydrogen-bond donors (Lipinski definition) is 1. The second-order valence-electron chi connectivity index (χ2n) is 6.96. The molecule has 1 nitrogen and oxygen atoms in total. The molecule has 0 aromatic heterocycles. The van der Waals surface area contributed by atoms with E-state index < -0.39 is 5.60 Å². The summed E-state index contributed by atoms with van der Waals surface area (Å²) in [5, 5.41) is 11.2. The van der Waals surface area contributed by atoms with Crippen molar-refractivity contribution in [3.8, 4) is 0 Å². The van der Waals surface area contributed by atoms with Gasteiger partial charge in [-0.25, -0.2) is 0 Å². The zero-order chi connectivity index (χ0) is 12.2. The zero-order valence-corrected chi connectivity index (χ0v) is 10.9. The van der Waals surface area contributed by atoms with Gasteiger partial charge in [0.05, 0.1) is 5.60 Å². The lowest BCUT2D eigenvalue weighted by Crippen LogP contribution is -2.58. The van der Waals surface area contributed by atoms with Gasteiger partial charge in [-0.05, 0) is 61.3 Å². The van der Waals surface area contributed by atoms with Gasteiger partial charge >= 0.3 is 0 Å². The summed E-state index contributed by atoms with van der Waals surface area (Å²) >= 11 is 0. The van der Waals surface area contributed by atoms with Crippen LogP contribution in [0.25, 0.3) is 0 Å². The lowest BCUT2D eigenvalue weighted by atomic mass is 9.49. The molecule has 4 saturated carbocycles. The molecule has 0 amide bonds. The Kier molecular flexibility index (Phi) is 2.35. The van der Waals surface area contributed by atoms with Crippen LogP contribution in [0.1, 0.15) is 37.7 Å². The smallest absolute Gasteiger partial charge is 0.0744 e. The Bertz CT molecular complexity index is 408. The van der Waals surface area contributed by atoms with Crippen LogP contribution in [0, 0.1) is 23.7 Å². The summed E-state index contributed by atoms with van der Waals surface area (Å²) in [5.41, 5.74) is 0.918. The van der Waals surface area contributed by atoms with Gasteiger partial charge in [0.15, 0.2) is 0 Å². The van der Waals surface area contributed by atoms with Crippen molar-refractivity contribution >= 4 is 0 Å². The van der Waals surface area contributed by atoms with Crippen molar-refractivity contribution < 1.29 is 5.11 Å². The Morgan fingerprint density at radius 3 is 2.00 bits per heavy atom. The Morgan fingerprint density at radius 1 is 0.889 bits per heavy atom. The Hall–Kier alpha value is -0.820. The van der Waals surface area contributed by atoms with E-state index >= 15 is 0 Å². The summed E-state index contributed by atoms with van der Waals surface area (Å²) < 4.78 is 0. The quantitative estimate of drug-likeness (QED) is 0.842. The van der Waals surface area contributed by atoms with E-state index in [1.165, 1.54) is 37.7 Å². The highest BCUT2D eigenvalue weighted by Crippen LogP contribution is 2.58. The lowest BCUT2D eigenvalue weighted by Gasteiger charge is -2.59.